The van der Waals surface area contributed by atoms with Gasteiger partial charge in [-0.3, -0.25) is 18.4 Å². The molecule has 3 heterocycles. The fourth-order valence-corrected chi connectivity index (χ4v) is 3.97. The zero-order chi connectivity index (χ0) is 20.0. The zero-order valence-electron chi connectivity index (χ0n) is 16.0. The van der Waals surface area contributed by atoms with Gasteiger partial charge < -0.3 is 39.3 Å². The number of phosphoric acid groups is 2. The van der Waals surface area contributed by atoms with Crippen molar-refractivity contribution in [1.82, 2.24) is 19.5 Å². The quantitative estimate of drug-likeness (QED) is 0.250. The van der Waals surface area contributed by atoms with Gasteiger partial charge in [-0.25, -0.2) is 14.5 Å². The van der Waals surface area contributed by atoms with E-state index in [1.165, 1.54) is 0 Å². The van der Waals surface area contributed by atoms with Gasteiger partial charge in [-0.05, 0) is 0 Å². The summed E-state index contributed by atoms with van der Waals surface area (Å²) >= 11 is 0. The standard InChI is InChI=1S/C10H14N4O11P2.3Na/c15-6-4(1-23-27(21,22)25-26(18,19)20)24-10(7(6)16)14-3-13-5-8(14)11-2-12-9(5)17;;;/h2-4,6-7,10,15-16H,1H2,(H,21,22)(H,11,12,17)(H2,18,19,20);;;/q;3*+1/p-3/t4-,6-,7-,10-;;;/m1.../s1. The number of hydrogen-bond acceptors (Lipinski definition) is 13. The molecule has 1 unspecified atom stereocenters. The molecular weight excluding hydrogens is 483 g/mol. The Bertz CT molecular complexity index is 945. The van der Waals surface area contributed by atoms with Crippen LogP contribution in [0.4, 0.5) is 0 Å². The second-order valence-electron chi connectivity index (χ2n) is 5.34. The summed E-state index contributed by atoms with van der Waals surface area (Å²) in [5, 5.41) is 31.7. The average molecular weight is 494 g/mol. The maximum Gasteiger partial charge on any atom is 1.00 e. The van der Waals surface area contributed by atoms with Gasteiger partial charge >= 0.3 is 96.5 Å². The van der Waals surface area contributed by atoms with Crippen LogP contribution >= 0.6 is 15.6 Å². The van der Waals surface area contributed by atoms with Gasteiger partial charge in [0.2, 0.25) is 0 Å². The molecule has 0 saturated carbocycles. The van der Waals surface area contributed by atoms with E-state index in [1.54, 1.807) is 0 Å². The van der Waals surface area contributed by atoms with Crippen LogP contribution in [0.15, 0.2) is 12.7 Å². The average Bonchev–Trinajstić information content (AvgIpc) is 3.07. The van der Waals surface area contributed by atoms with Crippen LogP contribution in [0.1, 0.15) is 6.23 Å². The van der Waals surface area contributed by atoms with E-state index in [2.05, 4.69) is 23.8 Å². The summed E-state index contributed by atoms with van der Waals surface area (Å²) in [5.41, 5.74) is -0.111. The number of ether oxygens (including phenoxy) is 1. The van der Waals surface area contributed by atoms with Crippen LogP contribution in [0.3, 0.4) is 0 Å². The van der Waals surface area contributed by atoms with E-state index in [0.717, 1.165) is 17.2 Å². The fraction of sp³-hybridized carbons (Fsp3) is 0.500. The minimum Gasteiger partial charge on any atom is -0.857 e. The van der Waals surface area contributed by atoms with E-state index in [4.69, 9.17) is 9.63 Å². The fourth-order valence-electron chi connectivity index (χ4n) is 2.43. The maximum atomic E-state index is 11.6. The van der Waals surface area contributed by atoms with Gasteiger partial charge in [-0.2, -0.15) is 0 Å². The summed E-state index contributed by atoms with van der Waals surface area (Å²) in [6.07, 6.45) is -3.90. The molecule has 150 valence electrons. The second kappa shape index (κ2) is 12.3. The summed E-state index contributed by atoms with van der Waals surface area (Å²) in [6, 6.07) is 0. The minimum atomic E-state index is -5.81. The van der Waals surface area contributed by atoms with Crippen LogP contribution in [-0.4, -0.2) is 59.5 Å². The van der Waals surface area contributed by atoms with Crippen molar-refractivity contribution in [3.63, 3.8) is 0 Å². The molecule has 15 nitrogen and oxygen atoms in total. The molecule has 2 aromatic heterocycles. The first-order chi connectivity index (χ1) is 12.5. The smallest absolute Gasteiger partial charge is 0.857 e. The molecule has 0 amide bonds. The Balaban J connectivity index is 0.00000280. The third-order valence-electron chi connectivity index (χ3n) is 3.54. The number of imidazole rings is 1. The molecule has 1 saturated heterocycles. The van der Waals surface area contributed by atoms with Gasteiger partial charge in [0.05, 0.1) is 20.8 Å². The Morgan fingerprint density at radius 2 is 1.77 bits per heavy atom. The molecule has 1 aliphatic heterocycles. The summed E-state index contributed by atoms with van der Waals surface area (Å²) < 4.78 is 35.9. The molecule has 3 rings (SSSR count). The number of nitrogens with zero attached hydrogens (tertiary/aromatic N) is 4. The van der Waals surface area contributed by atoms with Gasteiger partial charge in [-0.1, -0.05) is 0 Å². The van der Waals surface area contributed by atoms with Gasteiger partial charge in [0, 0.05) is 5.88 Å². The van der Waals surface area contributed by atoms with Gasteiger partial charge in [0.25, 0.3) is 0 Å². The maximum absolute atomic E-state index is 11.6. The van der Waals surface area contributed by atoms with Crippen molar-refractivity contribution in [2.45, 2.75) is 24.5 Å². The number of rotatable bonds is 6. The van der Waals surface area contributed by atoms with Crippen molar-refractivity contribution >= 4 is 26.8 Å². The van der Waals surface area contributed by atoms with Crippen LogP contribution in [0, 0.1) is 0 Å². The van der Waals surface area contributed by atoms with Crippen LogP contribution in [0.2, 0.25) is 0 Å². The van der Waals surface area contributed by atoms with Crippen molar-refractivity contribution in [3.8, 4) is 5.88 Å². The molecule has 3 N–H and O–H groups in total. The van der Waals surface area contributed by atoms with Crippen molar-refractivity contribution in [1.29, 1.82) is 0 Å². The van der Waals surface area contributed by atoms with Crippen molar-refractivity contribution in [2.24, 2.45) is 0 Å². The Labute approximate surface area is 234 Å². The van der Waals surface area contributed by atoms with Crippen molar-refractivity contribution < 1.29 is 141 Å². The Morgan fingerprint density at radius 1 is 1.13 bits per heavy atom. The largest absolute Gasteiger partial charge is 1.00 e. The van der Waals surface area contributed by atoms with Crippen LogP contribution < -0.4 is 104 Å². The Kier molecular flexibility index (Phi) is 12.9. The predicted octanol–water partition coefficient (Wildman–Crippen LogP) is -12.5. The molecule has 20 heteroatoms. The molecule has 30 heavy (non-hydrogen) atoms. The summed E-state index contributed by atoms with van der Waals surface area (Å²) in [5.74, 6) is -0.676. The minimum absolute atomic E-state index is 0. The van der Waals surface area contributed by atoms with Crippen LogP contribution in [-0.2, 0) is 22.7 Å². The predicted molar refractivity (Wildman–Crippen MR) is 75.2 cm³/mol. The first kappa shape index (κ1) is 31.5. The number of fused-ring (bicyclic) bond motifs is 1. The Morgan fingerprint density at radius 3 is 2.37 bits per heavy atom. The molecular formula is C10H11N4Na3O11P2. The molecule has 0 spiro atoms. The van der Waals surface area contributed by atoms with Gasteiger partial charge in [0.15, 0.2) is 11.9 Å². The normalized spacial score (nSPS) is 25.6. The number of aromatic nitrogens is 4. The molecule has 5 atom stereocenters. The first-order valence-corrected chi connectivity index (χ1v) is 10.0. The molecule has 0 radical (unpaired) electrons. The van der Waals surface area contributed by atoms with E-state index in [9.17, 15) is 34.2 Å². The zero-order valence-corrected chi connectivity index (χ0v) is 23.8. The van der Waals surface area contributed by atoms with E-state index in [-0.39, 0.29) is 99.8 Å². The van der Waals surface area contributed by atoms with E-state index < -0.39 is 52.7 Å². The van der Waals surface area contributed by atoms with Gasteiger partial charge in [-0.15, -0.1) is 0 Å². The number of hydrogen-bond donors (Lipinski definition) is 3. The molecule has 1 aliphatic rings. The summed E-state index contributed by atoms with van der Waals surface area (Å²) in [7, 11) is -11.1. The molecule has 1 fully saturated rings. The third kappa shape index (κ3) is 7.50. The van der Waals surface area contributed by atoms with Gasteiger partial charge in [0.1, 0.15) is 30.2 Å². The van der Waals surface area contributed by atoms with E-state index in [1.807, 2.05) is 0 Å². The van der Waals surface area contributed by atoms with Crippen LogP contribution in [0.5, 0.6) is 5.88 Å². The number of phosphoric ester groups is 1. The SMILES string of the molecule is O=P([O-])([O-])OP(=O)(O)OC[C@H]1O[C@@H](n2cnc3c([O-])ncnc32)[C@H](O)[C@@H]1O.[Na+].[Na+].[Na+]. The molecule has 0 aromatic carbocycles. The van der Waals surface area contributed by atoms with E-state index >= 15 is 0 Å². The Hall–Kier alpha value is 1.49. The monoisotopic (exact) mass is 494 g/mol. The number of aliphatic hydroxyl groups excluding tert-OH is 2. The molecule has 0 bridgehead atoms. The molecule has 2 aromatic rings. The van der Waals surface area contributed by atoms with Crippen molar-refractivity contribution in [2.75, 3.05) is 6.61 Å². The molecule has 0 aliphatic carbocycles. The first-order valence-electron chi connectivity index (χ1n) is 7.05. The third-order valence-corrected chi connectivity index (χ3v) is 5.64. The summed E-state index contributed by atoms with van der Waals surface area (Å²) in [4.78, 5) is 41.0. The number of aliphatic hydroxyl groups is 2. The van der Waals surface area contributed by atoms with E-state index in [0.29, 0.717) is 0 Å². The van der Waals surface area contributed by atoms with Crippen LogP contribution in [0.25, 0.3) is 11.2 Å². The summed E-state index contributed by atoms with van der Waals surface area (Å²) in [6.45, 7) is -0.906. The van der Waals surface area contributed by atoms with Crippen molar-refractivity contribution in [3.05, 3.63) is 12.7 Å². The topological polar surface area (TPSA) is 235 Å². The second-order valence-corrected chi connectivity index (χ2v) is 8.09.